The molecule has 0 atom stereocenters. The van der Waals surface area contributed by atoms with Crippen LogP contribution in [0.3, 0.4) is 0 Å². The van der Waals surface area contributed by atoms with Crippen molar-refractivity contribution in [3.63, 3.8) is 0 Å². The van der Waals surface area contributed by atoms with E-state index in [-0.39, 0.29) is 0 Å². The van der Waals surface area contributed by atoms with Gasteiger partial charge >= 0.3 is 0 Å². The SMILES string of the molecule is COc1cccc(Cn2c(C)c(C)c3ccnc(COc4ccc(C)cc4)c32)c1. The molecule has 0 aliphatic rings. The van der Waals surface area contributed by atoms with Gasteiger partial charge in [0.25, 0.3) is 0 Å². The highest BCUT2D eigenvalue weighted by molar-refractivity contribution is 5.87. The summed E-state index contributed by atoms with van der Waals surface area (Å²) in [6.07, 6.45) is 1.87. The molecule has 4 aromatic rings. The summed E-state index contributed by atoms with van der Waals surface area (Å²) in [5.74, 6) is 1.73. The maximum Gasteiger partial charge on any atom is 0.132 e. The predicted octanol–water partition coefficient (Wildman–Crippen LogP) is 5.60. The Kier molecular flexibility index (Phi) is 5.26. The number of benzene rings is 2. The van der Waals surface area contributed by atoms with Gasteiger partial charge in [0.05, 0.1) is 12.6 Å². The minimum Gasteiger partial charge on any atom is -0.497 e. The third kappa shape index (κ3) is 3.83. The van der Waals surface area contributed by atoms with Crippen LogP contribution >= 0.6 is 0 Å². The lowest BCUT2D eigenvalue weighted by atomic mass is 10.1. The number of fused-ring (bicyclic) bond motifs is 1. The van der Waals surface area contributed by atoms with Crippen molar-refractivity contribution in [1.29, 1.82) is 0 Å². The van der Waals surface area contributed by atoms with Gasteiger partial charge in [-0.2, -0.15) is 0 Å². The van der Waals surface area contributed by atoms with Crippen LogP contribution in [0.5, 0.6) is 11.5 Å². The molecule has 29 heavy (non-hydrogen) atoms. The molecule has 0 aliphatic carbocycles. The Balaban J connectivity index is 1.71. The highest BCUT2D eigenvalue weighted by atomic mass is 16.5. The summed E-state index contributed by atoms with van der Waals surface area (Å²) >= 11 is 0. The average Bonchev–Trinajstić information content (AvgIpc) is 2.99. The third-order valence-corrected chi connectivity index (χ3v) is 5.49. The molecular weight excluding hydrogens is 360 g/mol. The fourth-order valence-electron chi connectivity index (χ4n) is 3.71. The molecule has 0 unspecified atom stereocenters. The van der Waals surface area contributed by atoms with E-state index in [2.05, 4.69) is 60.7 Å². The zero-order chi connectivity index (χ0) is 20.4. The molecule has 2 aromatic carbocycles. The predicted molar refractivity (Wildman–Crippen MR) is 117 cm³/mol. The van der Waals surface area contributed by atoms with Crippen LogP contribution in [0.4, 0.5) is 0 Å². The summed E-state index contributed by atoms with van der Waals surface area (Å²) < 4.78 is 13.8. The molecule has 0 radical (unpaired) electrons. The minimum atomic E-state index is 0.432. The van der Waals surface area contributed by atoms with E-state index < -0.39 is 0 Å². The van der Waals surface area contributed by atoms with Crippen LogP contribution in [0, 0.1) is 20.8 Å². The molecule has 2 aromatic heterocycles. The van der Waals surface area contributed by atoms with Crippen molar-refractivity contribution in [2.24, 2.45) is 0 Å². The summed E-state index contributed by atoms with van der Waals surface area (Å²) in [7, 11) is 1.70. The van der Waals surface area contributed by atoms with Crippen molar-refractivity contribution < 1.29 is 9.47 Å². The number of hydrogen-bond donors (Lipinski definition) is 0. The normalized spacial score (nSPS) is 11.0. The number of pyridine rings is 1. The first kappa shape index (κ1) is 19.1. The van der Waals surface area contributed by atoms with Crippen LogP contribution in [-0.4, -0.2) is 16.7 Å². The van der Waals surface area contributed by atoms with Gasteiger partial charge in [-0.05, 0) is 62.2 Å². The van der Waals surface area contributed by atoms with Crippen molar-refractivity contribution >= 4 is 10.9 Å². The van der Waals surface area contributed by atoms with E-state index in [1.165, 1.54) is 27.8 Å². The Morgan fingerprint density at radius 2 is 1.72 bits per heavy atom. The standard InChI is InChI=1S/C25H26N2O2/c1-17-8-10-21(11-9-17)29-16-24-25-23(12-13-26-24)18(2)19(3)27(25)15-20-6-5-7-22(14-20)28-4/h5-14H,15-16H2,1-4H3. The molecule has 4 heteroatoms. The molecule has 0 bridgehead atoms. The second-order valence-electron chi connectivity index (χ2n) is 7.40. The molecule has 0 saturated heterocycles. The minimum absolute atomic E-state index is 0.432. The smallest absolute Gasteiger partial charge is 0.132 e. The molecule has 0 spiro atoms. The lowest BCUT2D eigenvalue weighted by Gasteiger charge is -2.13. The third-order valence-electron chi connectivity index (χ3n) is 5.49. The van der Waals surface area contributed by atoms with E-state index >= 15 is 0 Å². The van der Waals surface area contributed by atoms with E-state index in [1.54, 1.807) is 7.11 Å². The number of methoxy groups -OCH3 is 1. The van der Waals surface area contributed by atoms with Gasteiger partial charge in [0.2, 0.25) is 0 Å². The largest absolute Gasteiger partial charge is 0.497 e. The second kappa shape index (κ2) is 8.00. The summed E-state index contributed by atoms with van der Waals surface area (Å²) in [6.45, 7) is 7.60. The Morgan fingerprint density at radius 1 is 0.931 bits per heavy atom. The maximum absolute atomic E-state index is 6.05. The lowest BCUT2D eigenvalue weighted by Crippen LogP contribution is -2.06. The number of aryl methyl sites for hydroxylation is 2. The summed E-state index contributed by atoms with van der Waals surface area (Å²) in [4.78, 5) is 4.66. The molecule has 0 amide bonds. The first-order chi connectivity index (χ1) is 14.1. The second-order valence-corrected chi connectivity index (χ2v) is 7.40. The fraction of sp³-hybridized carbons (Fsp3) is 0.240. The molecule has 0 fully saturated rings. The first-order valence-corrected chi connectivity index (χ1v) is 9.82. The van der Waals surface area contributed by atoms with E-state index in [1.807, 2.05) is 30.5 Å². The molecule has 2 heterocycles. The van der Waals surface area contributed by atoms with Crippen LogP contribution in [0.15, 0.2) is 60.8 Å². The Bertz CT molecular complexity index is 1140. The lowest BCUT2D eigenvalue weighted by molar-refractivity contribution is 0.302. The van der Waals surface area contributed by atoms with Gasteiger partial charge in [-0.3, -0.25) is 4.98 Å². The monoisotopic (exact) mass is 386 g/mol. The van der Waals surface area contributed by atoms with Crippen LogP contribution < -0.4 is 9.47 Å². The van der Waals surface area contributed by atoms with Gasteiger partial charge in [-0.1, -0.05) is 29.8 Å². The zero-order valence-electron chi connectivity index (χ0n) is 17.4. The Hall–Kier alpha value is -3.27. The van der Waals surface area contributed by atoms with Crippen molar-refractivity contribution in [3.8, 4) is 11.5 Å². The summed E-state index contributed by atoms with van der Waals surface area (Å²) in [5.41, 5.74) is 7.02. The number of ether oxygens (including phenoxy) is 2. The van der Waals surface area contributed by atoms with Crippen molar-refractivity contribution in [2.75, 3.05) is 7.11 Å². The molecule has 0 saturated carbocycles. The first-order valence-electron chi connectivity index (χ1n) is 9.82. The van der Waals surface area contributed by atoms with Crippen molar-refractivity contribution in [2.45, 2.75) is 33.9 Å². The van der Waals surface area contributed by atoms with Crippen LogP contribution in [0.2, 0.25) is 0 Å². The summed E-state index contributed by atoms with van der Waals surface area (Å²) in [6, 6.07) is 18.4. The molecule has 148 valence electrons. The molecule has 0 N–H and O–H groups in total. The topological polar surface area (TPSA) is 36.3 Å². The molecule has 4 rings (SSSR count). The quantitative estimate of drug-likeness (QED) is 0.433. The maximum atomic E-state index is 6.05. The van der Waals surface area contributed by atoms with Gasteiger partial charge in [0.15, 0.2) is 0 Å². The van der Waals surface area contributed by atoms with E-state index in [4.69, 9.17) is 9.47 Å². The molecule has 0 aliphatic heterocycles. The Morgan fingerprint density at radius 3 is 2.48 bits per heavy atom. The van der Waals surface area contributed by atoms with Crippen LogP contribution in [0.25, 0.3) is 10.9 Å². The van der Waals surface area contributed by atoms with E-state index in [0.29, 0.717) is 6.61 Å². The highest BCUT2D eigenvalue weighted by Crippen LogP contribution is 2.29. The summed E-state index contributed by atoms with van der Waals surface area (Å²) in [5, 5.41) is 1.22. The van der Waals surface area contributed by atoms with Crippen molar-refractivity contribution in [1.82, 2.24) is 9.55 Å². The number of nitrogens with zero attached hydrogens (tertiary/aromatic N) is 2. The van der Waals surface area contributed by atoms with E-state index in [9.17, 15) is 0 Å². The van der Waals surface area contributed by atoms with Crippen molar-refractivity contribution in [3.05, 3.63) is 88.9 Å². The number of aromatic nitrogens is 2. The molecular formula is C25H26N2O2. The van der Waals surface area contributed by atoms with E-state index in [0.717, 1.165) is 29.3 Å². The zero-order valence-corrected chi connectivity index (χ0v) is 17.4. The van der Waals surface area contributed by atoms with Crippen LogP contribution in [0.1, 0.15) is 28.1 Å². The van der Waals surface area contributed by atoms with Gasteiger partial charge < -0.3 is 14.0 Å². The van der Waals surface area contributed by atoms with Gasteiger partial charge in [0.1, 0.15) is 23.8 Å². The van der Waals surface area contributed by atoms with Gasteiger partial charge in [0, 0.05) is 23.8 Å². The number of rotatable bonds is 6. The highest BCUT2D eigenvalue weighted by Gasteiger charge is 2.16. The Labute approximate surface area is 171 Å². The van der Waals surface area contributed by atoms with Crippen LogP contribution in [-0.2, 0) is 13.2 Å². The fourth-order valence-corrected chi connectivity index (χ4v) is 3.71. The molecule has 4 nitrogen and oxygen atoms in total. The van der Waals surface area contributed by atoms with Gasteiger partial charge in [-0.25, -0.2) is 0 Å². The van der Waals surface area contributed by atoms with Gasteiger partial charge in [-0.15, -0.1) is 0 Å². The average molecular weight is 386 g/mol. The number of hydrogen-bond acceptors (Lipinski definition) is 3.